The van der Waals surface area contributed by atoms with Gasteiger partial charge in [0.25, 0.3) is 0 Å². The van der Waals surface area contributed by atoms with E-state index in [0.29, 0.717) is 19.6 Å². The molecule has 2 aliphatic heterocycles. The molecule has 1 aliphatic carbocycles. The molecule has 4 N–H and O–H groups in total. The number of ether oxygens (including phenoxy) is 2. The van der Waals surface area contributed by atoms with Crippen LogP contribution in [0.5, 0.6) is 5.75 Å². The average molecular weight is 499 g/mol. The van der Waals surface area contributed by atoms with Crippen molar-refractivity contribution in [1.82, 2.24) is 9.88 Å². The van der Waals surface area contributed by atoms with Crippen molar-refractivity contribution in [3.8, 4) is 5.75 Å². The van der Waals surface area contributed by atoms with E-state index >= 15 is 4.39 Å². The summed E-state index contributed by atoms with van der Waals surface area (Å²) in [6.07, 6.45) is -1.03. The van der Waals surface area contributed by atoms with Gasteiger partial charge in [0.05, 0.1) is 40.4 Å². The Morgan fingerprint density at radius 2 is 2.18 bits per heavy atom. The molecule has 10 nitrogen and oxygen atoms in total. The number of nitrogens with two attached hydrogens (primary N) is 1. The van der Waals surface area contributed by atoms with E-state index in [2.05, 4.69) is 10.1 Å². The molecule has 34 heavy (non-hydrogen) atoms. The Morgan fingerprint density at radius 3 is 2.82 bits per heavy atom. The average Bonchev–Trinajstić information content (AvgIpc) is 3.19. The van der Waals surface area contributed by atoms with Gasteiger partial charge in [0, 0.05) is 32.0 Å². The molecule has 2 amide bonds. The molecule has 3 fully saturated rings. The van der Waals surface area contributed by atoms with E-state index in [-0.39, 0.29) is 47.0 Å². The van der Waals surface area contributed by atoms with Crippen molar-refractivity contribution in [1.29, 1.82) is 0 Å². The minimum Gasteiger partial charge on any atom is -0.449 e. The van der Waals surface area contributed by atoms with E-state index in [1.54, 1.807) is 4.90 Å². The van der Waals surface area contributed by atoms with Gasteiger partial charge < -0.3 is 35.1 Å². The standard InChI is InChI=1S/C21H21ClF2N4O6/c22-15-16-10(18(29)14(34-20(31)32)6-28(16)13-4-11(13)23)3-12(24)17(15)27-5-9-1-2-33-21(9,8-27)7-26-19(25)30/h3,6,9,11,13H,1-2,4-5,7-8H2,(H,31,32)(H3,25,26,30)/t9?,11-,13+,21?/m0/s1. The molecule has 13 heteroatoms. The first kappa shape index (κ1) is 22.7. The third-order valence-electron chi connectivity index (χ3n) is 6.76. The SMILES string of the molecule is NC(=O)NCC12CN(c3c(F)cc4c(=O)c(OC(=O)O)cn([C@@H]5C[C@@H]5F)c4c3Cl)CC1CCO2. The molecule has 4 atom stereocenters. The summed E-state index contributed by atoms with van der Waals surface area (Å²) in [6, 6.07) is -0.434. The van der Waals surface area contributed by atoms with Crippen molar-refractivity contribution in [2.24, 2.45) is 11.7 Å². The van der Waals surface area contributed by atoms with Crippen LogP contribution < -0.4 is 26.1 Å². The van der Waals surface area contributed by atoms with Gasteiger partial charge in [-0.05, 0) is 12.5 Å². The molecule has 2 aromatic rings. The summed E-state index contributed by atoms with van der Waals surface area (Å²) in [5, 5.41) is 11.2. The van der Waals surface area contributed by atoms with E-state index < -0.39 is 47.0 Å². The molecule has 3 aliphatic rings. The Hall–Kier alpha value is -3.12. The van der Waals surface area contributed by atoms with Crippen LogP contribution in [-0.2, 0) is 4.74 Å². The number of pyridine rings is 1. The molecule has 2 saturated heterocycles. The number of benzene rings is 1. The summed E-state index contributed by atoms with van der Waals surface area (Å²) < 4.78 is 41.2. The van der Waals surface area contributed by atoms with Crippen molar-refractivity contribution < 1.29 is 33.0 Å². The first-order chi connectivity index (χ1) is 16.1. The summed E-state index contributed by atoms with van der Waals surface area (Å²) in [5.74, 6) is -1.40. The lowest BCUT2D eigenvalue weighted by atomic mass is 9.91. The molecule has 0 bridgehead atoms. The number of nitrogens with one attached hydrogen (secondary N) is 1. The number of urea groups is 1. The largest absolute Gasteiger partial charge is 0.511 e. The summed E-state index contributed by atoms with van der Waals surface area (Å²) >= 11 is 6.66. The Morgan fingerprint density at radius 1 is 1.44 bits per heavy atom. The maximum atomic E-state index is 15.4. The predicted molar refractivity (Wildman–Crippen MR) is 117 cm³/mol. The van der Waals surface area contributed by atoms with Crippen LogP contribution in [0.25, 0.3) is 10.9 Å². The number of halogens is 3. The predicted octanol–water partition coefficient (Wildman–Crippen LogP) is 2.40. The molecule has 0 radical (unpaired) electrons. The third-order valence-corrected chi connectivity index (χ3v) is 7.12. The summed E-state index contributed by atoms with van der Waals surface area (Å²) in [6.45, 7) is 1.21. The monoisotopic (exact) mass is 498 g/mol. The minimum absolute atomic E-state index is 0.0155. The fraction of sp³-hybridized carbons (Fsp3) is 0.476. The lowest BCUT2D eigenvalue weighted by Crippen LogP contribution is -2.49. The van der Waals surface area contributed by atoms with Gasteiger partial charge >= 0.3 is 12.2 Å². The molecule has 182 valence electrons. The molecule has 1 aromatic heterocycles. The molecular formula is C21H21ClF2N4O6. The Kier molecular flexibility index (Phi) is 5.32. The van der Waals surface area contributed by atoms with Gasteiger partial charge in [-0.2, -0.15) is 0 Å². The van der Waals surface area contributed by atoms with Gasteiger partial charge in [0.15, 0.2) is 5.75 Å². The fourth-order valence-corrected chi connectivity index (χ4v) is 5.50. The second kappa shape index (κ2) is 7.98. The lowest BCUT2D eigenvalue weighted by Gasteiger charge is -2.29. The number of anilines is 1. The summed E-state index contributed by atoms with van der Waals surface area (Å²) in [7, 11) is 0. The number of rotatable bonds is 5. The van der Waals surface area contributed by atoms with Crippen molar-refractivity contribution >= 4 is 40.4 Å². The number of carboxylic acid groups (broad SMARTS) is 1. The van der Waals surface area contributed by atoms with E-state index in [4.69, 9.17) is 27.2 Å². The summed E-state index contributed by atoms with van der Waals surface area (Å²) in [5.41, 5.74) is 3.67. The Bertz CT molecular complexity index is 1270. The fourth-order valence-electron chi connectivity index (χ4n) is 5.09. The Balaban J connectivity index is 1.62. The highest BCUT2D eigenvalue weighted by molar-refractivity contribution is 6.38. The molecule has 0 spiro atoms. The number of hydrogen-bond donors (Lipinski definition) is 3. The second-order valence-electron chi connectivity index (χ2n) is 8.83. The summed E-state index contributed by atoms with van der Waals surface area (Å²) in [4.78, 5) is 36.8. The number of hydrogen-bond acceptors (Lipinski definition) is 6. The lowest BCUT2D eigenvalue weighted by molar-refractivity contribution is 0.00783. The molecule has 1 saturated carbocycles. The maximum absolute atomic E-state index is 15.4. The van der Waals surface area contributed by atoms with Crippen LogP contribution in [0.15, 0.2) is 17.1 Å². The molecule has 3 heterocycles. The van der Waals surface area contributed by atoms with Crippen LogP contribution in [-0.4, -0.2) is 59.9 Å². The van der Waals surface area contributed by atoms with Crippen molar-refractivity contribution in [3.63, 3.8) is 0 Å². The zero-order valence-electron chi connectivity index (χ0n) is 17.7. The van der Waals surface area contributed by atoms with Gasteiger partial charge in [0.1, 0.15) is 17.6 Å². The number of carbonyl (C=O) groups excluding carboxylic acids is 1. The van der Waals surface area contributed by atoms with Gasteiger partial charge in [-0.3, -0.25) is 4.79 Å². The van der Waals surface area contributed by atoms with Crippen LogP contribution in [0.3, 0.4) is 0 Å². The van der Waals surface area contributed by atoms with Crippen LogP contribution in [0.4, 0.5) is 24.1 Å². The number of aromatic nitrogens is 1. The number of nitrogens with zero attached hydrogens (tertiary/aromatic N) is 2. The van der Waals surface area contributed by atoms with E-state index in [9.17, 15) is 18.8 Å². The maximum Gasteiger partial charge on any atom is 0.511 e. The normalized spacial score (nSPS) is 27.6. The van der Waals surface area contributed by atoms with Crippen LogP contribution >= 0.6 is 11.6 Å². The number of alkyl halides is 1. The van der Waals surface area contributed by atoms with Crippen LogP contribution in [0.1, 0.15) is 18.9 Å². The Labute approximate surface area is 196 Å². The van der Waals surface area contributed by atoms with Crippen molar-refractivity contribution in [2.75, 3.05) is 31.1 Å². The smallest absolute Gasteiger partial charge is 0.449 e. The number of amides is 2. The second-order valence-corrected chi connectivity index (χ2v) is 9.21. The van der Waals surface area contributed by atoms with E-state index in [0.717, 1.165) is 12.3 Å². The van der Waals surface area contributed by atoms with Crippen LogP contribution in [0.2, 0.25) is 5.02 Å². The first-order valence-electron chi connectivity index (χ1n) is 10.6. The molecule has 1 aromatic carbocycles. The van der Waals surface area contributed by atoms with E-state index in [1.807, 2.05) is 0 Å². The highest BCUT2D eigenvalue weighted by atomic mass is 35.5. The first-order valence-corrected chi connectivity index (χ1v) is 11.0. The van der Waals surface area contributed by atoms with Crippen LogP contribution in [0, 0.1) is 11.7 Å². The van der Waals surface area contributed by atoms with Gasteiger partial charge in [-0.1, -0.05) is 11.6 Å². The zero-order valence-corrected chi connectivity index (χ0v) is 18.5. The van der Waals surface area contributed by atoms with Gasteiger partial charge in [-0.15, -0.1) is 0 Å². The zero-order chi connectivity index (χ0) is 24.4. The van der Waals surface area contributed by atoms with Gasteiger partial charge in [0.2, 0.25) is 5.43 Å². The van der Waals surface area contributed by atoms with Crippen molar-refractivity contribution in [3.05, 3.63) is 33.3 Å². The number of fused-ring (bicyclic) bond motifs is 2. The highest BCUT2D eigenvalue weighted by Gasteiger charge is 2.52. The minimum atomic E-state index is -1.72. The molecular weight excluding hydrogens is 478 g/mol. The topological polar surface area (TPSA) is 136 Å². The van der Waals surface area contributed by atoms with Crippen molar-refractivity contribution in [2.45, 2.75) is 30.7 Å². The van der Waals surface area contributed by atoms with Gasteiger partial charge in [-0.25, -0.2) is 18.4 Å². The molecule has 5 rings (SSSR count). The molecule has 2 unspecified atom stereocenters. The van der Waals surface area contributed by atoms with E-state index in [1.165, 1.54) is 4.57 Å². The number of carbonyl (C=O) groups is 2. The highest BCUT2D eigenvalue weighted by Crippen LogP contribution is 2.47. The third kappa shape index (κ3) is 3.61. The quantitative estimate of drug-likeness (QED) is 0.538. The number of primary amides is 1.